The third kappa shape index (κ3) is 8.57. The number of benzene rings is 3. The van der Waals surface area contributed by atoms with Crippen molar-refractivity contribution in [1.29, 1.82) is 0 Å². The van der Waals surface area contributed by atoms with Gasteiger partial charge in [-0.3, -0.25) is 0 Å². The van der Waals surface area contributed by atoms with Crippen molar-refractivity contribution in [3.05, 3.63) is 102 Å². The van der Waals surface area contributed by atoms with Crippen molar-refractivity contribution in [2.75, 3.05) is 13.2 Å². The highest BCUT2D eigenvalue weighted by Crippen LogP contribution is 2.38. The number of hydrogen-bond donors (Lipinski definition) is 0. The molecular formula is C29H29Cl3O9S. The number of fused-ring (bicyclic) bond motifs is 1. The van der Waals surface area contributed by atoms with Crippen LogP contribution in [0.3, 0.4) is 0 Å². The first-order chi connectivity index (χ1) is 20.1. The van der Waals surface area contributed by atoms with Gasteiger partial charge in [0.05, 0.1) is 13.2 Å². The van der Waals surface area contributed by atoms with Crippen LogP contribution >= 0.6 is 34.8 Å². The van der Waals surface area contributed by atoms with Gasteiger partial charge >= 0.3 is 10.4 Å². The van der Waals surface area contributed by atoms with Gasteiger partial charge in [-0.05, 0) is 24.6 Å². The van der Waals surface area contributed by atoms with E-state index in [0.717, 1.165) is 16.7 Å². The molecule has 0 saturated carbocycles. The third-order valence-electron chi connectivity index (χ3n) is 6.51. The molecule has 2 aliphatic rings. The molecular weight excluding hydrogens is 631 g/mol. The molecule has 2 saturated heterocycles. The average molecular weight is 660 g/mol. The minimum Gasteiger partial charge on any atom is -0.462 e. The third-order valence-corrected chi connectivity index (χ3v) is 7.70. The maximum absolute atomic E-state index is 13.0. The fraction of sp³-hybridized carbons (Fsp3) is 0.379. The number of halogens is 3. The summed E-state index contributed by atoms with van der Waals surface area (Å²) < 4.78 is 65.4. The highest BCUT2D eigenvalue weighted by atomic mass is 35.6. The molecule has 2 aliphatic heterocycles. The molecule has 0 aromatic heterocycles. The number of hydrogen-bond acceptors (Lipinski definition) is 9. The van der Waals surface area contributed by atoms with Gasteiger partial charge in [-0.25, -0.2) is 8.37 Å². The fourth-order valence-electron chi connectivity index (χ4n) is 4.53. The lowest BCUT2D eigenvalue weighted by atomic mass is 9.97. The van der Waals surface area contributed by atoms with Crippen molar-refractivity contribution in [3.63, 3.8) is 0 Å². The Labute approximate surface area is 259 Å². The Morgan fingerprint density at radius 3 is 2.21 bits per heavy atom. The van der Waals surface area contributed by atoms with E-state index < -0.39 is 57.8 Å². The van der Waals surface area contributed by atoms with E-state index in [1.54, 1.807) is 12.1 Å². The van der Waals surface area contributed by atoms with Crippen molar-refractivity contribution < 1.29 is 40.5 Å². The van der Waals surface area contributed by atoms with E-state index in [1.165, 1.54) is 0 Å². The topological polar surface area (TPSA) is 98.8 Å². The zero-order chi connectivity index (χ0) is 29.7. The lowest BCUT2D eigenvalue weighted by Crippen LogP contribution is -2.64. The van der Waals surface area contributed by atoms with Gasteiger partial charge < -0.3 is 23.7 Å². The number of ether oxygens (including phenoxy) is 5. The van der Waals surface area contributed by atoms with E-state index >= 15 is 0 Å². The Morgan fingerprint density at radius 2 is 1.55 bits per heavy atom. The lowest BCUT2D eigenvalue weighted by molar-refractivity contribution is -0.353. The van der Waals surface area contributed by atoms with Gasteiger partial charge in [0, 0.05) is 5.56 Å². The maximum Gasteiger partial charge on any atom is 0.400 e. The quantitative estimate of drug-likeness (QED) is 0.250. The second kappa shape index (κ2) is 13.8. The summed E-state index contributed by atoms with van der Waals surface area (Å²) in [6, 6.07) is 25.9. The molecule has 0 bridgehead atoms. The highest BCUT2D eigenvalue weighted by Gasteiger charge is 2.54. The van der Waals surface area contributed by atoms with Gasteiger partial charge in [0.2, 0.25) is 10.1 Å². The molecule has 3 aromatic carbocycles. The first-order valence-corrected chi connectivity index (χ1v) is 15.5. The van der Waals surface area contributed by atoms with Crippen molar-refractivity contribution in [3.8, 4) is 5.75 Å². The van der Waals surface area contributed by atoms with Crippen LogP contribution in [0.4, 0.5) is 0 Å². The van der Waals surface area contributed by atoms with E-state index in [1.807, 2.05) is 79.7 Å². The first-order valence-electron chi connectivity index (χ1n) is 13.1. The van der Waals surface area contributed by atoms with Crippen molar-refractivity contribution >= 4 is 45.2 Å². The normalized spacial score (nSPS) is 26.4. The molecule has 226 valence electrons. The minimum absolute atomic E-state index is 0.112. The molecule has 0 spiro atoms. The van der Waals surface area contributed by atoms with Crippen LogP contribution in [0.5, 0.6) is 5.75 Å². The molecule has 2 heterocycles. The summed E-state index contributed by atoms with van der Waals surface area (Å²) in [4.78, 5) is 0. The van der Waals surface area contributed by atoms with E-state index in [0.29, 0.717) is 5.75 Å². The number of aryl methyl sites for hydroxylation is 1. The SMILES string of the molecule is Cc1ccc(O[C@@H]2O[C@@H]3COC(c4ccccc4)O[C@H]3[C@H](OCc3ccccc3)[C@H]2OS(=O)(=O)OCC(Cl)(Cl)Cl)cc1. The molecule has 0 amide bonds. The molecule has 0 radical (unpaired) electrons. The summed E-state index contributed by atoms with van der Waals surface area (Å²) in [5.74, 6) is 0.416. The van der Waals surface area contributed by atoms with E-state index in [2.05, 4.69) is 0 Å². The summed E-state index contributed by atoms with van der Waals surface area (Å²) >= 11 is 17.2. The van der Waals surface area contributed by atoms with E-state index in [9.17, 15) is 8.42 Å². The second-order valence-electron chi connectivity index (χ2n) is 9.76. The van der Waals surface area contributed by atoms with Crippen molar-refractivity contribution in [2.45, 2.75) is 54.3 Å². The molecule has 0 N–H and O–H groups in total. The van der Waals surface area contributed by atoms with Crippen LogP contribution in [0.2, 0.25) is 0 Å². The highest BCUT2D eigenvalue weighted by molar-refractivity contribution is 7.81. The van der Waals surface area contributed by atoms with Crippen LogP contribution in [0.1, 0.15) is 23.0 Å². The molecule has 2 fully saturated rings. The predicted octanol–water partition coefficient (Wildman–Crippen LogP) is 5.82. The van der Waals surface area contributed by atoms with Crippen LogP contribution in [-0.4, -0.2) is 56.1 Å². The molecule has 5 rings (SSSR count). The van der Waals surface area contributed by atoms with Gasteiger partial charge in [0.25, 0.3) is 0 Å². The van der Waals surface area contributed by atoms with Gasteiger partial charge in [-0.15, -0.1) is 0 Å². The summed E-state index contributed by atoms with van der Waals surface area (Å²) in [5.41, 5.74) is 2.62. The lowest BCUT2D eigenvalue weighted by Gasteiger charge is -2.48. The Balaban J connectivity index is 1.47. The van der Waals surface area contributed by atoms with E-state index in [4.69, 9.17) is 66.9 Å². The zero-order valence-electron chi connectivity index (χ0n) is 22.4. The molecule has 6 atom stereocenters. The van der Waals surface area contributed by atoms with Crippen LogP contribution in [0.25, 0.3) is 0 Å². The van der Waals surface area contributed by atoms with Crippen LogP contribution in [-0.2, 0) is 44.3 Å². The Bertz CT molecular complexity index is 1390. The maximum atomic E-state index is 13.0. The Morgan fingerprint density at radius 1 is 0.881 bits per heavy atom. The van der Waals surface area contributed by atoms with E-state index in [-0.39, 0.29) is 13.2 Å². The van der Waals surface area contributed by atoms with Crippen molar-refractivity contribution in [1.82, 2.24) is 0 Å². The molecule has 1 unspecified atom stereocenters. The van der Waals surface area contributed by atoms with Gasteiger partial charge in [0.1, 0.15) is 30.7 Å². The molecule has 3 aromatic rings. The zero-order valence-corrected chi connectivity index (χ0v) is 25.5. The smallest absolute Gasteiger partial charge is 0.400 e. The van der Waals surface area contributed by atoms with Crippen LogP contribution in [0.15, 0.2) is 84.9 Å². The average Bonchev–Trinajstić information content (AvgIpc) is 2.97. The fourth-order valence-corrected chi connectivity index (χ4v) is 5.74. The molecule has 9 nitrogen and oxygen atoms in total. The first kappa shape index (κ1) is 31.5. The monoisotopic (exact) mass is 658 g/mol. The second-order valence-corrected chi connectivity index (χ2v) is 13.5. The molecule has 0 aliphatic carbocycles. The van der Waals surface area contributed by atoms with Gasteiger partial charge in [0.15, 0.2) is 12.4 Å². The Hall–Kier alpha value is -1.96. The van der Waals surface area contributed by atoms with Gasteiger partial charge in [-0.1, -0.05) is 113 Å². The van der Waals surface area contributed by atoms with Crippen molar-refractivity contribution in [2.24, 2.45) is 0 Å². The standard InChI is InChI=1S/C29H29Cl3O9S/c1-19-12-14-22(15-13-19)38-28-26(41-42(33,34)37-18-29(30,31)32)25(35-16-20-8-4-2-5-9-20)24-23(39-28)17-36-27(40-24)21-10-6-3-7-11-21/h2-15,23-28H,16-18H2,1H3/t23-,24-,25+,26-,27?,28-/m1/s1. The molecule has 13 heteroatoms. The van der Waals surface area contributed by atoms with Gasteiger partial charge in [-0.2, -0.15) is 8.42 Å². The van der Waals surface area contributed by atoms with Crippen LogP contribution < -0.4 is 4.74 Å². The largest absolute Gasteiger partial charge is 0.462 e. The number of rotatable bonds is 10. The Kier molecular flexibility index (Phi) is 10.3. The number of alkyl halides is 3. The predicted molar refractivity (Wildman–Crippen MR) is 156 cm³/mol. The summed E-state index contributed by atoms with van der Waals surface area (Å²) in [7, 11) is -4.75. The summed E-state index contributed by atoms with van der Waals surface area (Å²) in [6.07, 6.45) is -5.97. The molecule has 42 heavy (non-hydrogen) atoms. The summed E-state index contributed by atoms with van der Waals surface area (Å²) in [6.45, 7) is 1.38. The summed E-state index contributed by atoms with van der Waals surface area (Å²) in [5, 5.41) is 0. The minimum atomic E-state index is -4.75. The van der Waals surface area contributed by atoms with Crippen LogP contribution in [0, 0.1) is 6.92 Å².